The van der Waals surface area contributed by atoms with Gasteiger partial charge in [-0.25, -0.2) is 0 Å². The van der Waals surface area contributed by atoms with Crippen LogP contribution in [-0.4, -0.2) is 37.2 Å². The second kappa shape index (κ2) is 10.6. The van der Waals surface area contributed by atoms with Gasteiger partial charge < -0.3 is 9.90 Å². The summed E-state index contributed by atoms with van der Waals surface area (Å²) in [5.74, 6) is -0.0170. The van der Waals surface area contributed by atoms with Crippen molar-refractivity contribution in [1.82, 2.24) is 0 Å². The van der Waals surface area contributed by atoms with Crippen LogP contribution in [0.2, 0.25) is 14.8 Å². The molecular weight excluding hydrogens is 267 g/mol. The zero-order valence-electron chi connectivity index (χ0n) is 7.64. The number of carboxylic acid groups (broad SMARTS) is 1. The minimum absolute atomic E-state index is 0.122. The summed E-state index contributed by atoms with van der Waals surface area (Å²) in [4.78, 5) is 16.7. The molecule has 0 fully saturated rings. The Hall–Kier alpha value is 0.619. The van der Waals surface area contributed by atoms with Gasteiger partial charge in [-0.15, -0.1) is 0 Å². The summed E-state index contributed by atoms with van der Waals surface area (Å²) in [5, 5.41) is 9.63. The van der Waals surface area contributed by atoms with E-state index in [2.05, 4.69) is 14.8 Å². The Morgan fingerprint density at radius 1 is 1.45 bits per heavy atom. The first-order chi connectivity index (χ1) is 5.00. The molecule has 0 aromatic carbocycles. The Morgan fingerprint density at radius 2 is 1.82 bits per heavy atom. The maximum absolute atomic E-state index is 9.63. The molecule has 0 bridgehead atoms. The van der Waals surface area contributed by atoms with Crippen molar-refractivity contribution in [2.75, 3.05) is 11.5 Å². The van der Waals surface area contributed by atoms with Crippen molar-refractivity contribution in [3.05, 3.63) is 0 Å². The molecule has 4 heteroatoms. The molecule has 0 rings (SSSR count). The van der Waals surface area contributed by atoms with Gasteiger partial charge in [0.1, 0.15) is 0 Å². The third-order valence-corrected chi connectivity index (χ3v) is 1.27. The summed E-state index contributed by atoms with van der Waals surface area (Å²) >= 11 is 0.811. The summed E-state index contributed by atoms with van der Waals surface area (Å²) in [6, 6.07) is 0. The van der Waals surface area contributed by atoms with Gasteiger partial charge in [0, 0.05) is 5.75 Å². The Balaban J connectivity index is 0. The second-order valence-electron chi connectivity index (χ2n) is 2.51. The van der Waals surface area contributed by atoms with Gasteiger partial charge in [-0.2, -0.15) is 11.8 Å². The molecule has 0 saturated carbocycles. The Morgan fingerprint density at radius 3 is 1.91 bits per heavy atom. The van der Waals surface area contributed by atoms with Crippen molar-refractivity contribution in [3.8, 4) is 0 Å². The van der Waals surface area contributed by atoms with Crippen LogP contribution in [0.4, 0.5) is 0 Å². The van der Waals surface area contributed by atoms with Crippen LogP contribution in [0, 0.1) is 0 Å². The third kappa shape index (κ3) is 37.0. The van der Waals surface area contributed by atoms with Crippen LogP contribution in [0.5, 0.6) is 0 Å². The number of hydrogen-bond donors (Lipinski definition) is 0. The number of aliphatic carboxylic acids is 1. The second-order valence-corrected chi connectivity index (χ2v) is 12.3. The van der Waals surface area contributed by atoms with Crippen molar-refractivity contribution in [2.45, 2.75) is 21.7 Å². The molecule has 0 heterocycles. The van der Waals surface area contributed by atoms with E-state index >= 15 is 0 Å². The van der Waals surface area contributed by atoms with Crippen LogP contribution < -0.4 is 5.11 Å². The predicted octanol–water partition coefficient (Wildman–Crippen LogP) is 0.860. The van der Waals surface area contributed by atoms with Gasteiger partial charge in [0.2, 0.25) is 0 Å². The maximum atomic E-state index is 9.63. The Kier molecular flexibility index (Phi) is 13.7. The normalized spacial score (nSPS) is 8.00. The molecule has 0 aromatic rings. The molecule has 2 nitrogen and oxygen atoms in total. The van der Waals surface area contributed by atoms with Crippen molar-refractivity contribution in [3.63, 3.8) is 0 Å². The minimum atomic E-state index is -0.980. The van der Waals surface area contributed by atoms with E-state index in [1.54, 1.807) is 0 Å². The molecule has 0 aromatic heterocycles. The van der Waals surface area contributed by atoms with Gasteiger partial charge in [0.05, 0.1) is 5.97 Å². The molecule has 0 aliphatic carbocycles. The standard InChI is InChI=1S/C4H8O2S.3CH3.Sn/c1-2-7-3-4(5)6;;;;/h2-3H2,1H3,(H,5,6);3*1H3;/q;;;;+1/p-1. The molecule has 0 amide bonds. The number of rotatable bonds is 3. The van der Waals surface area contributed by atoms with E-state index in [1.807, 2.05) is 6.92 Å². The molecule has 0 aliphatic heterocycles. The fourth-order valence-corrected chi connectivity index (χ4v) is 0.556. The van der Waals surface area contributed by atoms with Crippen LogP contribution in [0.3, 0.4) is 0 Å². The summed E-state index contributed by atoms with van der Waals surface area (Å²) in [7, 11) is 0. The van der Waals surface area contributed by atoms with Gasteiger partial charge in [-0.3, -0.25) is 0 Å². The van der Waals surface area contributed by atoms with Crippen molar-refractivity contribution < 1.29 is 9.90 Å². The van der Waals surface area contributed by atoms with E-state index < -0.39 is 25.7 Å². The van der Waals surface area contributed by atoms with Crippen LogP contribution >= 0.6 is 11.8 Å². The van der Waals surface area contributed by atoms with Gasteiger partial charge in [0.15, 0.2) is 0 Å². The molecule has 11 heavy (non-hydrogen) atoms. The number of carboxylic acids is 1. The summed E-state index contributed by atoms with van der Waals surface area (Å²) in [6.45, 7) is 1.91. The summed E-state index contributed by atoms with van der Waals surface area (Å²) in [6.07, 6.45) is 0. The quantitative estimate of drug-likeness (QED) is 0.721. The third-order valence-electron chi connectivity index (χ3n) is 0.424. The topological polar surface area (TPSA) is 40.1 Å². The fraction of sp³-hybridized carbons (Fsp3) is 0.857. The van der Waals surface area contributed by atoms with Crippen LogP contribution in [-0.2, 0) is 4.79 Å². The Bertz CT molecular complexity index is 93.7. The molecular formula is C7H16O2SSn. The number of hydrogen-bond acceptors (Lipinski definition) is 3. The number of thioether (sulfide) groups is 1. The summed E-state index contributed by atoms with van der Waals surface area (Å²) < 4.78 is 0. The van der Waals surface area contributed by atoms with Gasteiger partial charge in [0.25, 0.3) is 0 Å². The zero-order chi connectivity index (χ0) is 9.28. The van der Waals surface area contributed by atoms with Crippen LogP contribution in [0.1, 0.15) is 6.92 Å². The zero-order valence-corrected chi connectivity index (χ0v) is 11.3. The molecule has 0 spiro atoms. The molecule has 0 atom stereocenters. The molecule has 0 unspecified atom stereocenters. The monoisotopic (exact) mass is 284 g/mol. The average molecular weight is 283 g/mol. The molecule has 0 saturated heterocycles. The van der Waals surface area contributed by atoms with Crippen molar-refractivity contribution in [1.29, 1.82) is 0 Å². The van der Waals surface area contributed by atoms with Crippen LogP contribution in [0.15, 0.2) is 0 Å². The van der Waals surface area contributed by atoms with E-state index in [1.165, 1.54) is 11.8 Å². The Labute approximate surface area is 80.5 Å². The van der Waals surface area contributed by atoms with Crippen molar-refractivity contribution >= 4 is 37.5 Å². The van der Waals surface area contributed by atoms with E-state index in [0.717, 1.165) is 5.75 Å². The van der Waals surface area contributed by atoms with E-state index in [9.17, 15) is 9.90 Å². The van der Waals surface area contributed by atoms with E-state index in [4.69, 9.17) is 0 Å². The van der Waals surface area contributed by atoms with Crippen molar-refractivity contribution in [2.24, 2.45) is 0 Å². The van der Waals surface area contributed by atoms with Crippen LogP contribution in [0.25, 0.3) is 0 Å². The fourth-order valence-electron chi connectivity index (χ4n) is 0.185. The van der Waals surface area contributed by atoms with Gasteiger partial charge >= 0.3 is 34.6 Å². The average Bonchev–Trinajstić information content (AvgIpc) is 1.82. The number of carbonyl (C=O) groups is 1. The first kappa shape index (κ1) is 14.2. The van der Waals surface area contributed by atoms with Gasteiger partial charge in [-0.1, -0.05) is 6.92 Å². The first-order valence-corrected chi connectivity index (χ1v) is 13.3. The summed E-state index contributed by atoms with van der Waals surface area (Å²) in [5.41, 5.74) is 0. The predicted molar refractivity (Wildman–Crippen MR) is 51.4 cm³/mol. The van der Waals surface area contributed by atoms with E-state index in [-0.39, 0.29) is 5.75 Å². The SMILES string of the molecule is CCSCC(=O)[O-].[CH3][Sn+]([CH3])[CH3]. The number of carbonyl (C=O) groups excluding carboxylic acids is 1. The molecule has 0 aliphatic rings. The first-order valence-electron chi connectivity index (χ1n) is 3.55. The van der Waals surface area contributed by atoms with E-state index in [0.29, 0.717) is 0 Å². The molecule has 0 N–H and O–H groups in total. The van der Waals surface area contributed by atoms with Gasteiger partial charge in [-0.05, 0) is 5.75 Å². The molecule has 66 valence electrons. The molecule has 0 radical (unpaired) electrons.